The topological polar surface area (TPSA) is 78.2 Å². The number of thioether (sulfide) groups is 1. The SMILES string of the molecule is CC(C#N)(CCC(=O)O)SC(=O)c1ccccc1. The van der Waals surface area contributed by atoms with Crippen LogP contribution in [0, 0.1) is 11.3 Å². The molecule has 0 saturated carbocycles. The first-order valence-corrected chi connectivity index (χ1v) is 6.20. The Kier molecular flexibility index (Phi) is 4.93. The first-order valence-electron chi connectivity index (χ1n) is 5.38. The zero-order chi connectivity index (χ0) is 13.6. The van der Waals surface area contributed by atoms with E-state index in [1.54, 1.807) is 37.3 Å². The molecule has 94 valence electrons. The van der Waals surface area contributed by atoms with Crippen LogP contribution in [0.5, 0.6) is 0 Å². The van der Waals surface area contributed by atoms with Gasteiger partial charge in [0.2, 0.25) is 5.12 Å². The van der Waals surface area contributed by atoms with E-state index >= 15 is 0 Å². The van der Waals surface area contributed by atoms with Gasteiger partial charge in [0.05, 0.1) is 6.07 Å². The van der Waals surface area contributed by atoms with Crippen molar-refractivity contribution in [1.82, 2.24) is 0 Å². The largest absolute Gasteiger partial charge is 0.481 e. The number of carboxylic acids is 1. The molecule has 0 radical (unpaired) electrons. The summed E-state index contributed by atoms with van der Waals surface area (Å²) < 4.78 is -1.01. The average Bonchev–Trinajstić information content (AvgIpc) is 2.37. The Bertz CT molecular complexity index is 481. The molecule has 18 heavy (non-hydrogen) atoms. The Morgan fingerprint density at radius 2 is 2.00 bits per heavy atom. The lowest BCUT2D eigenvalue weighted by Gasteiger charge is -2.18. The summed E-state index contributed by atoms with van der Waals surface area (Å²) in [4.78, 5) is 22.4. The highest BCUT2D eigenvalue weighted by Gasteiger charge is 2.29. The number of carboxylic acid groups (broad SMARTS) is 1. The summed E-state index contributed by atoms with van der Waals surface area (Å²) in [6.07, 6.45) is 0.0151. The van der Waals surface area contributed by atoms with Gasteiger partial charge in [-0.1, -0.05) is 42.1 Å². The Labute approximate surface area is 110 Å². The summed E-state index contributed by atoms with van der Waals surface area (Å²) in [5.41, 5.74) is 0.513. The minimum Gasteiger partial charge on any atom is -0.481 e. The van der Waals surface area contributed by atoms with Gasteiger partial charge in [-0.15, -0.1) is 0 Å². The summed E-state index contributed by atoms with van der Waals surface area (Å²) in [6, 6.07) is 10.6. The minimum absolute atomic E-state index is 0.126. The predicted octanol–water partition coefficient (Wildman–Crippen LogP) is 2.71. The molecule has 0 aromatic heterocycles. The molecule has 0 aliphatic carbocycles. The van der Waals surface area contributed by atoms with E-state index in [0.717, 1.165) is 11.8 Å². The van der Waals surface area contributed by atoms with Gasteiger partial charge in [-0.25, -0.2) is 0 Å². The van der Waals surface area contributed by atoms with Crippen molar-refractivity contribution in [3.8, 4) is 6.07 Å². The fourth-order valence-corrected chi connectivity index (χ4v) is 2.23. The average molecular weight is 263 g/mol. The number of nitrogens with zero attached hydrogens (tertiary/aromatic N) is 1. The maximum atomic E-state index is 11.9. The van der Waals surface area contributed by atoms with Crippen LogP contribution in [0.4, 0.5) is 0 Å². The zero-order valence-corrected chi connectivity index (χ0v) is 10.7. The lowest BCUT2D eigenvalue weighted by Crippen LogP contribution is -2.21. The molecule has 0 aliphatic rings. The van der Waals surface area contributed by atoms with E-state index in [0.29, 0.717) is 5.56 Å². The Morgan fingerprint density at radius 1 is 1.39 bits per heavy atom. The van der Waals surface area contributed by atoms with Crippen LogP contribution in [0.2, 0.25) is 0 Å². The maximum Gasteiger partial charge on any atom is 0.303 e. The lowest BCUT2D eigenvalue weighted by molar-refractivity contribution is -0.137. The number of rotatable bonds is 5. The molecule has 4 nitrogen and oxygen atoms in total. The third kappa shape index (κ3) is 4.22. The molecule has 5 heteroatoms. The van der Waals surface area contributed by atoms with Crippen LogP contribution >= 0.6 is 11.8 Å². The van der Waals surface area contributed by atoms with E-state index in [-0.39, 0.29) is 18.0 Å². The Morgan fingerprint density at radius 3 is 2.50 bits per heavy atom. The normalized spacial score (nSPS) is 13.3. The number of benzene rings is 1. The molecule has 0 bridgehead atoms. The smallest absolute Gasteiger partial charge is 0.303 e. The zero-order valence-electron chi connectivity index (χ0n) is 9.92. The van der Waals surface area contributed by atoms with E-state index < -0.39 is 10.7 Å². The molecule has 1 aromatic rings. The molecule has 0 heterocycles. The molecular weight excluding hydrogens is 250 g/mol. The van der Waals surface area contributed by atoms with Crippen LogP contribution in [0.3, 0.4) is 0 Å². The van der Waals surface area contributed by atoms with Gasteiger partial charge in [-0.05, 0) is 13.3 Å². The first kappa shape index (κ1) is 14.3. The molecule has 0 aliphatic heterocycles. The van der Waals surface area contributed by atoms with Gasteiger partial charge in [0, 0.05) is 12.0 Å². The predicted molar refractivity (Wildman–Crippen MR) is 69.3 cm³/mol. The molecule has 1 rings (SSSR count). The highest BCUT2D eigenvalue weighted by atomic mass is 32.2. The van der Waals surface area contributed by atoms with Crippen molar-refractivity contribution in [2.24, 2.45) is 0 Å². The van der Waals surface area contributed by atoms with Gasteiger partial charge in [0.15, 0.2) is 0 Å². The third-order valence-electron chi connectivity index (χ3n) is 2.38. The summed E-state index contributed by atoms with van der Waals surface area (Å²) >= 11 is 0.879. The molecule has 1 unspecified atom stereocenters. The number of hydrogen-bond acceptors (Lipinski definition) is 4. The number of carbonyl (C=O) groups is 2. The summed E-state index contributed by atoms with van der Waals surface area (Å²) in [6.45, 7) is 1.58. The fraction of sp³-hybridized carbons (Fsp3) is 0.308. The Hall–Kier alpha value is -1.80. The molecule has 0 amide bonds. The van der Waals surface area contributed by atoms with E-state index in [2.05, 4.69) is 0 Å². The summed E-state index contributed by atoms with van der Waals surface area (Å²) in [7, 11) is 0. The fourth-order valence-electron chi connectivity index (χ4n) is 1.31. The summed E-state index contributed by atoms with van der Waals surface area (Å²) in [5, 5.41) is 17.5. The van der Waals surface area contributed by atoms with E-state index in [4.69, 9.17) is 10.4 Å². The van der Waals surface area contributed by atoms with Gasteiger partial charge >= 0.3 is 5.97 Å². The van der Waals surface area contributed by atoms with Crippen LogP contribution in [0.15, 0.2) is 30.3 Å². The van der Waals surface area contributed by atoms with Crippen LogP contribution in [0.1, 0.15) is 30.1 Å². The van der Waals surface area contributed by atoms with Crippen LogP contribution < -0.4 is 0 Å². The van der Waals surface area contributed by atoms with Gasteiger partial charge in [-0.3, -0.25) is 9.59 Å². The van der Waals surface area contributed by atoms with Crippen LogP contribution in [-0.2, 0) is 4.79 Å². The highest BCUT2D eigenvalue weighted by molar-refractivity contribution is 8.15. The molecule has 1 N–H and O–H groups in total. The molecule has 0 saturated heterocycles. The van der Waals surface area contributed by atoms with Crippen molar-refractivity contribution in [2.75, 3.05) is 0 Å². The number of carbonyl (C=O) groups excluding carboxylic acids is 1. The van der Waals surface area contributed by atoms with E-state index in [9.17, 15) is 9.59 Å². The van der Waals surface area contributed by atoms with E-state index in [1.807, 2.05) is 6.07 Å². The van der Waals surface area contributed by atoms with Crippen molar-refractivity contribution < 1.29 is 14.7 Å². The second-order valence-corrected chi connectivity index (χ2v) is 5.47. The number of nitriles is 1. The molecule has 0 fully saturated rings. The van der Waals surface area contributed by atoms with Crippen molar-refractivity contribution in [2.45, 2.75) is 24.5 Å². The van der Waals surface area contributed by atoms with Crippen molar-refractivity contribution in [1.29, 1.82) is 5.26 Å². The van der Waals surface area contributed by atoms with Crippen molar-refractivity contribution in [3.63, 3.8) is 0 Å². The number of hydrogen-bond donors (Lipinski definition) is 1. The quantitative estimate of drug-likeness (QED) is 0.883. The van der Waals surface area contributed by atoms with E-state index in [1.165, 1.54) is 0 Å². The molecule has 0 spiro atoms. The monoisotopic (exact) mass is 263 g/mol. The maximum absolute atomic E-state index is 11.9. The van der Waals surface area contributed by atoms with Gasteiger partial charge in [-0.2, -0.15) is 5.26 Å². The standard InChI is InChI=1S/C13H13NO3S/c1-13(9-14,8-7-11(15)16)18-12(17)10-5-3-2-4-6-10/h2-6H,7-8H2,1H3,(H,15,16). The Balaban J connectivity index is 2.72. The molecular formula is C13H13NO3S. The van der Waals surface area contributed by atoms with Crippen molar-refractivity contribution >= 4 is 22.8 Å². The minimum atomic E-state index is -1.01. The first-order chi connectivity index (χ1) is 8.47. The second kappa shape index (κ2) is 6.22. The third-order valence-corrected chi connectivity index (χ3v) is 3.55. The lowest BCUT2D eigenvalue weighted by atomic mass is 10.1. The highest BCUT2D eigenvalue weighted by Crippen LogP contribution is 2.32. The van der Waals surface area contributed by atoms with Crippen LogP contribution in [0.25, 0.3) is 0 Å². The summed E-state index contributed by atoms with van der Waals surface area (Å²) in [5.74, 6) is -0.968. The van der Waals surface area contributed by atoms with Crippen LogP contribution in [-0.4, -0.2) is 20.9 Å². The second-order valence-electron chi connectivity index (χ2n) is 3.99. The number of aliphatic carboxylic acids is 1. The van der Waals surface area contributed by atoms with Gasteiger partial charge in [0.25, 0.3) is 0 Å². The van der Waals surface area contributed by atoms with Gasteiger partial charge < -0.3 is 5.11 Å². The van der Waals surface area contributed by atoms with Gasteiger partial charge in [0.1, 0.15) is 4.75 Å². The van der Waals surface area contributed by atoms with Crippen molar-refractivity contribution in [3.05, 3.63) is 35.9 Å². The molecule has 1 atom stereocenters. The molecule has 1 aromatic carbocycles.